The lowest BCUT2D eigenvalue weighted by Crippen LogP contribution is -2.26. The Balaban J connectivity index is 2.28. The summed E-state index contributed by atoms with van der Waals surface area (Å²) >= 11 is 5.87. The number of rotatable bonds is 5. The average molecular weight is 317 g/mol. The van der Waals surface area contributed by atoms with Gasteiger partial charge in [0.1, 0.15) is 0 Å². The molecule has 0 aliphatic carbocycles. The molecule has 0 fully saturated rings. The third-order valence-corrected chi connectivity index (χ3v) is 3.62. The fraction of sp³-hybridized carbons (Fsp3) is 0.176. The van der Waals surface area contributed by atoms with Crippen molar-refractivity contribution in [3.63, 3.8) is 0 Å². The van der Waals surface area contributed by atoms with Crippen LogP contribution in [0.5, 0.6) is 0 Å². The van der Waals surface area contributed by atoms with Crippen molar-refractivity contribution < 1.29 is 14.7 Å². The maximum absolute atomic E-state index is 12.5. The Morgan fingerprint density at radius 1 is 1.18 bits per heavy atom. The number of nitrogens with one attached hydrogen (secondary N) is 1. The van der Waals surface area contributed by atoms with Crippen molar-refractivity contribution in [2.45, 2.75) is 19.3 Å². The van der Waals surface area contributed by atoms with E-state index < -0.39 is 5.97 Å². The van der Waals surface area contributed by atoms with Gasteiger partial charge < -0.3 is 15.2 Å². The van der Waals surface area contributed by atoms with Gasteiger partial charge in [-0.1, -0.05) is 48.9 Å². The molecule has 4 nitrogen and oxygen atoms in total. The van der Waals surface area contributed by atoms with Gasteiger partial charge in [0, 0.05) is 10.6 Å². The molecule has 0 bridgehead atoms. The Kier molecular flexibility index (Phi) is 5.17. The Morgan fingerprint density at radius 3 is 2.45 bits per heavy atom. The van der Waals surface area contributed by atoms with E-state index in [2.05, 4.69) is 5.32 Å². The highest BCUT2D eigenvalue weighted by molar-refractivity contribution is 6.31. The highest BCUT2D eigenvalue weighted by atomic mass is 35.5. The van der Waals surface area contributed by atoms with Gasteiger partial charge in [-0.05, 0) is 30.2 Å². The largest absolute Gasteiger partial charge is 0.545 e. The fourth-order valence-corrected chi connectivity index (χ4v) is 2.45. The van der Waals surface area contributed by atoms with Crippen LogP contribution in [-0.4, -0.2) is 11.9 Å². The van der Waals surface area contributed by atoms with Gasteiger partial charge in [-0.15, -0.1) is 0 Å². The van der Waals surface area contributed by atoms with Crippen LogP contribution in [0.25, 0.3) is 0 Å². The van der Waals surface area contributed by atoms with Gasteiger partial charge in [-0.3, -0.25) is 4.79 Å². The quantitative estimate of drug-likeness (QED) is 0.922. The van der Waals surface area contributed by atoms with Crippen LogP contribution in [0.15, 0.2) is 48.5 Å². The summed E-state index contributed by atoms with van der Waals surface area (Å²) < 4.78 is 0. The van der Waals surface area contributed by atoms with Crippen LogP contribution in [0.4, 0.5) is 5.69 Å². The molecule has 0 saturated carbocycles. The number of aromatic carboxylic acids is 1. The van der Waals surface area contributed by atoms with E-state index in [-0.39, 0.29) is 23.1 Å². The molecular formula is C17H15ClNO3-. The van der Waals surface area contributed by atoms with Gasteiger partial charge in [0.05, 0.1) is 17.6 Å². The number of benzene rings is 2. The summed E-state index contributed by atoms with van der Waals surface area (Å²) in [6.45, 7) is 1.90. The Labute approximate surface area is 133 Å². The molecule has 1 N–H and O–H groups in total. The minimum Gasteiger partial charge on any atom is -0.545 e. The van der Waals surface area contributed by atoms with E-state index in [0.29, 0.717) is 11.4 Å². The molecule has 0 heterocycles. The van der Waals surface area contributed by atoms with Crippen LogP contribution in [0.3, 0.4) is 0 Å². The normalized spacial score (nSPS) is 11.7. The first-order chi connectivity index (χ1) is 10.5. The minimum atomic E-state index is -1.36. The van der Waals surface area contributed by atoms with E-state index in [9.17, 15) is 14.7 Å². The third kappa shape index (κ3) is 3.65. The van der Waals surface area contributed by atoms with Crippen molar-refractivity contribution in [2.24, 2.45) is 0 Å². The predicted molar refractivity (Wildman–Crippen MR) is 83.9 cm³/mol. The summed E-state index contributed by atoms with van der Waals surface area (Å²) in [5, 5.41) is 14.1. The van der Waals surface area contributed by atoms with Crippen molar-refractivity contribution in [2.75, 3.05) is 5.32 Å². The van der Waals surface area contributed by atoms with Gasteiger partial charge in [0.25, 0.3) is 0 Å². The maximum atomic E-state index is 12.5. The molecule has 2 aromatic carbocycles. The standard InChI is InChI=1S/C17H16ClNO3/c1-2-13(11-6-4-3-5-7-11)16(20)19-15-10-12(18)8-9-14(15)17(21)22/h3-10,13H,2H2,1H3,(H,19,20)(H,21,22)/p-1/t13-/m1/s1. The van der Waals surface area contributed by atoms with E-state index >= 15 is 0 Å². The van der Waals surface area contributed by atoms with E-state index in [1.54, 1.807) is 0 Å². The third-order valence-electron chi connectivity index (χ3n) is 3.39. The summed E-state index contributed by atoms with van der Waals surface area (Å²) in [7, 11) is 0. The number of carbonyl (C=O) groups excluding carboxylic acids is 2. The van der Waals surface area contributed by atoms with Crippen LogP contribution in [-0.2, 0) is 4.79 Å². The molecule has 1 amide bonds. The molecule has 1 atom stereocenters. The van der Waals surface area contributed by atoms with Crippen LogP contribution in [0.2, 0.25) is 5.02 Å². The predicted octanol–water partition coefficient (Wildman–Crippen LogP) is 2.84. The van der Waals surface area contributed by atoms with E-state index in [1.165, 1.54) is 18.2 Å². The molecule has 0 aromatic heterocycles. The second-order valence-corrected chi connectivity index (χ2v) is 5.27. The Hall–Kier alpha value is -2.33. The molecular weight excluding hydrogens is 302 g/mol. The first kappa shape index (κ1) is 16.0. The molecule has 0 saturated heterocycles. The van der Waals surface area contributed by atoms with Crippen molar-refractivity contribution in [3.05, 3.63) is 64.7 Å². The summed E-state index contributed by atoms with van der Waals surface area (Å²) in [5.74, 6) is -2.01. The Bertz CT molecular complexity index is 686. The molecule has 0 aliphatic heterocycles. The van der Waals surface area contributed by atoms with Crippen molar-refractivity contribution in [1.29, 1.82) is 0 Å². The smallest absolute Gasteiger partial charge is 0.231 e. The van der Waals surface area contributed by atoms with Gasteiger partial charge in [-0.2, -0.15) is 0 Å². The average Bonchev–Trinajstić information content (AvgIpc) is 2.48. The van der Waals surface area contributed by atoms with Crippen LogP contribution in [0.1, 0.15) is 35.2 Å². The van der Waals surface area contributed by atoms with E-state index in [4.69, 9.17) is 11.6 Å². The first-order valence-corrected chi connectivity index (χ1v) is 7.27. The number of carbonyl (C=O) groups is 2. The summed E-state index contributed by atoms with van der Waals surface area (Å²) in [4.78, 5) is 23.6. The monoisotopic (exact) mass is 316 g/mol. The van der Waals surface area contributed by atoms with Crippen molar-refractivity contribution in [3.8, 4) is 0 Å². The molecule has 0 spiro atoms. The van der Waals surface area contributed by atoms with Gasteiger partial charge in [0.2, 0.25) is 5.91 Å². The number of halogens is 1. The summed E-state index contributed by atoms with van der Waals surface area (Å²) in [5.41, 5.74) is 0.923. The highest BCUT2D eigenvalue weighted by Crippen LogP contribution is 2.25. The van der Waals surface area contributed by atoms with Gasteiger partial charge in [0.15, 0.2) is 0 Å². The molecule has 0 aliphatic rings. The molecule has 0 unspecified atom stereocenters. The molecule has 0 radical (unpaired) electrons. The zero-order valence-corrected chi connectivity index (χ0v) is 12.8. The molecule has 114 valence electrons. The summed E-state index contributed by atoms with van der Waals surface area (Å²) in [6.07, 6.45) is 0.594. The lowest BCUT2D eigenvalue weighted by atomic mass is 9.95. The lowest BCUT2D eigenvalue weighted by molar-refractivity contribution is -0.254. The zero-order chi connectivity index (χ0) is 16.1. The van der Waals surface area contributed by atoms with Crippen molar-refractivity contribution in [1.82, 2.24) is 0 Å². The SMILES string of the molecule is CC[C@@H](C(=O)Nc1cc(Cl)ccc1C(=O)[O-])c1ccccc1. The second kappa shape index (κ2) is 7.09. The van der Waals surface area contributed by atoms with Crippen LogP contribution < -0.4 is 10.4 Å². The maximum Gasteiger partial charge on any atom is 0.231 e. The summed E-state index contributed by atoms with van der Waals surface area (Å²) in [6, 6.07) is 13.5. The molecule has 2 rings (SSSR count). The fourth-order valence-electron chi connectivity index (χ4n) is 2.28. The second-order valence-electron chi connectivity index (χ2n) is 4.84. The molecule has 22 heavy (non-hydrogen) atoms. The number of hydrogen-bond donors (Lipinski definition) is 1. The number of hydrogen-bond acceptors (Lipinski definition) is 3. The number of carboxylic acid groups (broad SMARTS) is 1. The van der Waals surface area contributed by atoms with E-state index in [1.807, 2.05) is 37.3 Å². The number of carboxylic acids is 1. The highest BCUT2D eigenvalue weighted by Gasteiger charge is 2.19. The van der Waals surface area contributed by atoms with Crippen molar-refractivity contribution >= 4 is 29.2 Å². The zero-order valence-electron chi connectivity index (χ0n) is 12.0. The Morgan fingerprint density at radius 2 is 1.86 bits per heavy atom. The lowest BCUT2D eigenvalue weighted by Gasteiger charge is -2.18. The number of amides is 1. The van der Waals surface area contributed by atoms with Crippen LogP contribution >= 0.6 is 11.6 Å². The molecule has 5 heteroatoms. The number of anilines is 1. The topological polar surface area (TPSA) is 69.2 Å². The van der Waals surface area contributed by atoms with E-state index in [0.717, 1.165) is 5.56 Å². The van der Waals surface area contributed by atoms with Gasteiger partial charge >= 0.3 is 0 Å². The van der Waals surface area contributed by atoms with Crippen LogP contribution in [0, 0.1) is 0 Å². The first-order valence-electron chi connectivity index (χ1n) is 6.89. The minimum absolute atomic E-state index is 0.0966. The molecule has 2 aromatic rings. The van der Waals surface area contributed by atoms with Gasteiger partial charge in [-0.25, -0.2) is 0 Å².